The monoisotopic (exact) mass is 473 g/mol. The summed E-state index contributed by atoms with van der Waals surface area (Å²) < 4.78 is 38.9. The van der Waals surface area contributed by atoms with Gasteiger partial charge in [-0.3, -0.25) is 9.59 Å². The highest BCUT2D eigenvalue weighted by atomic mass is 19.4. The molecule has 2 aromatic carbocycles. The van der Waals surface area contributed by atoms with E-state index in [1.165, 1.54) is 12.1 Å². The predicted octanol–water partition coefficient (Wildman–Crippen LogP) is 4.34. The first kappa shape index (κ1) is 24.3. The maximum absolute atomic E-state index is 13.0. The van der Waals surface area contributed by atoms with E-state index in [1.807, 2.05) is 30.3 Å². The van der Waals surface area contributed by atoms with Crippen LogP contribution in [0.4, 0.5) is 13.2 Å². The highest BCUT2D eigenvalue weighted by Crippen LogP contribution is 2.30. The molecule has 2 amide bonds. The highest BCUT2D eigenvalue weighted by Gasteiger charge is 2.33. The standard InChI is InChI=1S/C26H30F3N3O2/c27-26(28,29)22-8-4-7-21(17-22)25(34)32-15-11-23(12-16-32)31-13-9-20(10-14-31)24(33)30-18-19-5-2-1-3-6-19/h1-8,17,20,23H,9-16,18H2,(H,30,33). The van der Waals surface area contributed by atoms with Crippen LogP contribution in [-0.4, -0.2) is 53.8 Å². The molecule has 2 saturated heterocycles. The number of amides is 2. The van der Waals surface area contributed by atoms with E-state index in [4.69, 9.17) is 0 Å². The summed E-state index contributed by atoms with van der Waals surface area (Å²) in [6, 6.07) is 14.8. The molecule has 0 radical (unpaired) electrons. The number of likely N-dealkylation sites (tertiary alicyclic amines) is 2. The van der Waals surface area contributed by atoms with Gasteiger partial charge in [-0.1, -0.05) is 36.4 Å². The van der Waals surface area contributed by atoms with Crippen molar-refractivity contribution in [2.75, 3.05) is 26.2 Å². The Hall–Kier alpha value is -2.87. The molecule has 0 bridgehead atoms. The van der Waals surface area contributed by atoms with Crippen molar-refractivity contribution in [2.45, 2.75) is 44.4 Å². The quantitative estimate of drug-likeness (QED) is 0.703. The number of benzene rings is 2. The van der Waals surface area contributed by atoms with Gasteiger partial charge in [0.15, 0.2) is 0 Å². The molecule has 0 aliphatic carbocycles. The Morgan fingerprint density at radius 1 is 0.882 bits per heavy atom. The topological polar surface area (TPSA) is 52.7 Å². The van der Waals surface area contributed by atoms with Gasteiger partial charge in [0.2, 0.25) is 5.91 Å². The van der Waals surface area contributed by atoms with Crippen molar-refractivity contribution in [2.24, 2.45) is 5.92 Å². The van der Waals surface area contributed by atoms with Gasteiger partial charge < -0.3 is 15.1 Å². The Labute approximate surface area is 197 Å². The molecule has 2 fully saturated rings. The van der Waals surface area contributed by atoms with Crippen LogP contribution in [0.25, 0.3) is 0 Å². The molecule has 182 valence electrons. The number of hydrogen-bond acceptors (Lipinski definition) is 3. The first-order valence-electron chi connectivity index (χ1n) is 11.8. The molecule has 0 unspecified atom stereocenters. The molecule has 4 rings (SSSR count). The molecule has 34 heavy (non-hydrogen) atoms. The zero-order valence-electron chi connectivity index (χ0n) is 19.1. The molecular weight excluding hydrogens is 443 g/mol. The van der Waals surface area contributed by atoms with Crippen LogP contribution >= 0.6 is 0 Å². The smallest absolute Gasteiger partial charge is 0.352 e. The second-order valence-corrected chi connectivity index (χ2v) is 9.12. The lowest BCUT2D eigenvalue weighted by molar-refractivity contribution is -0.137. The predicted molar refractivity (Wildman–Crippen MR) is 123 cm³/mol. The van der Waals surface area contributed by atoms with E-state index < -0.39 is 11.7 Å². The van der Waals surface area contributed by atoms with Gasteiger partial charge in [-0.05, 0) is 62.5 Å². The minimum atomic E-state index is -4.46. The summed E-state index contributed by atoms with van der Waals surface area (Å²) in [5, 5.41) is 3.04. The molecule has 1 N–H and O–H groups in total. The third kappa shape index (κ3) is 5.97. The summed E-state index contributed by atoms with van der Waals surface area (Å²) in [5.74, 6) is -0.231. The lowest BCUT2D eigenvalue weighted by atomic mass is 9.92. The second-order valence-electron chi connectivity index (χ2n) is 9.12. The van der Waals surface area contributed by atoms with E-state index >= 15 is 0 Å². The summed E-state index contributed by atoms with van der Waals surface area (Å²) in [7, 11) is 0. The maximum atomic E-state index is 13.0. The van der Waals surface area contributed by atoms with Crippen LogP contribution in [0.15, 0.2) is 54.6 Å². The summed E-state index contributed by atoms with van der Waals surface area (Å²) in [5.41, 5.74) is 0.360. The first-order valence-corrected chi connectivity index (χ1v) is 11.8. The maximum Gasteiger partial charge on any atom is 0.416 e. The van der Waals surface area contributed by atoms with Gasteiger partial charge in [0.1, 0.15) is 0 Å². The van der Waals surface area contributed by atoms with E-state index in [0.29, 0.717) is 25.7 Å². The number of carbonyl (C=O) groups excluding carboxylic acids is 2. The van der Waals surface area contributed by atoms with Gasteiger partial charge in [-0.15, -0.1) is 0 Å². The zero-order valence-corrected chi connectivity index (χ0v) is 19.1. The second kappa shape index (κ2) is 10.6. The number of halogens is 3. The number of carbonyl (C=O) groups is 2. The van der Waals surface area contributed by atoms with Crippen molar-refractivity contribution in [3.05, 3.63) is 71.3 Å². The van der Waals surface area contributed by atoms with Crippen molar-refractivity contribution >= 4 is 11.8 Å². The number of nitrogens with one attached hydrogen (secondary N) is 1. The minimum absolute atomic E-state index is 0.0162. The van der Waals surface area contributed by atoms with E-state index in [0.717, 1.165) is 56.5 Å². The average Bonchev–Trinajstić information content (AvgIpc) is 2.87. The normalized spacial score (nSPS) is 18.6. The van der Waals surface area contributed by atoms with Gasteiger partial charge >= 0.3 is 6.18 Å². The van der Waals surface area contributed by atoms with Gasteiger partial charge in [0.25, 0.3) is 5.91 Å². The number of nitrogens with zero attached hydrogens (tertiary/aromatic N) is 2. The number of alkyl halides is 3. The lowest BCUT2D eigenvalue weighted by Crippen LogP contribution is -2.50. The number of rotatable bonds is 5. The third-order valence-electron chi connectivity index (χ3n) is 6.91. The molecule has 2 heterocycles. The summed E-state index contributed by atoms with van der Waals surface area (Å²) in [6.45, 7) is 3.28. The van der Waals surface area contributed by atoms with Gasteiger partial charge in [-0.2, -0.15) is 13.2 Å². The van der Waals surface area contributed by atoms with Crippen molar-refractivity contribution in [1.82, 2.24) is 15.1 Å². The largest absolute Gasteiger partial charge is 0.416 e. The van der Waals surface area contributed by atoms with Gasteiger partial charge in [0, 0.05) is 37.2 Å². The minimum Gasteiger partial charge on any atom is -0.352 e. The van der Waals surface area contributed by atoms with Crippen molar-refractivity contribution < 1.29 is 22.8 Å². The van der Waals surface area contributed by atoms with Crippen LogP contribution in [-0.2, 0) is 17.5 Å². The molecule has 2 aliphatic heterocycles. The van der Waals surface area contributed by atoms with Crippen LogP contribution in [0.1, 0.15) is 47.2 Å². The summed E-state index contributed by atoms with van der Waals surface area (Å²) in [6.07, 6.45) is -1.27. The van der Waals surface area contributed by atoms with Crippen molar-refractivity contribution in [3.8, 4) is 0 Å². The zero-order chi connectivity index (χ0) is 24.1. The Morgan fingerprint density at radius 3 is 2.21 bits per heavy atom. The van der Waals surface area contributed by atoms with Crippen molar-refractivity contribution in [3.63, 3.8) is 0 Å². The van der Waals surface area contributed by atoms with Crippen LogP contribution in [0.3, 0.4) is 0 Å². The van der Waals surface area contributed by atoms with Crippen LogP contribution in [0.2, 0.25) is 0 Å². The van der Waals surface area contributed by atoms with Crippen LogP contribution in [0.5, 0.6) is 0 Å². The molecule has 2 aliphatic rings. The summed E-state index contributed by atoms with van der Waals surface area (Å²) in [4.78, 5) is 29.3. The molecule has 0 aromatic heterocycles. The molecular formula is C26H30F3N3O2. The Bertz CT molecular complexity index is 980. The SMILES string of the molecule is O=C(NCc1ccccc1)C1CCN(C2CCN(C(=O)c3cccc(C(F)(F)F)c3)CC2)CC1. The Morgan fingerprint density at radius 2 is 1.56 bits per heavy atom. The fraction of sp³-hybridized carbons (Fsp3) is 0.462. The van der Waals surface area contributed by atoms with E-state index in [-0.39, 0.29) is 23.3 Å². The average molecular weight is 474 g/mol. The lowest BCUT2D eigenvalue weighted by Gasteiger charge is -2.41. The summed E-state index contributed by atoms with van der Waals surface area (Å²) >= 11 is 0. The Balaban J connectivity index is 1.22. The Kier molecular flexibility index (Phi) is 7.56. The van der Waals surface area contributed by atoms with Gasteiger partial charge in [-0.25, -0.2) is 0 Å². The van der Waals surface area contributed by atoms with Crippen molar-refractivity contribution in [1.29, 1.82) is 0 Å². The van der Waals surface area contributed by atoms with Crippen LogP contribution < -0.4 is 5.32 Å². The fourth-order valence-corrected chi connectivity index (χ4v) is 4.90. The molecule has 0 spiro atoms. The molecule has 0 atom stereocenters. The number of piperidine rings is 2. The molecule has 8 heteroatoms. The van der Waals surface area contributed by atoms with E-state index in [1.54, 1.807) is 4.90 Å². The third-order valence-corrected chi connectivity index (χ3v) is 6.91. The molecule has 5 nitrogen and oxygen atoms in total. The number of hydrogen-bond donors (Lipinski definition) is 1. The highest BCUT2D eigenvalue weighted by molar-refractivity contribution is 5.94. The molecule has 2 aromatic rings. The van der Waals surface area contributed by atoms with Gasteiger partial charge in [0.05, 0.1) is 5.56 Å². The molecule has 0 saturated carbocycles. The van der Waals surface area contributed by atoms with E-state index in [2.05, 4.69) is 10.2 Å². The fourth-order valence-electron chi connectivity index (χ4n) is 4.90. The van der Waals surface area contributed by atoms with E-state index in [9.17, 15) is 22.8 Å². The van der Waals surface area contributed by atoms with Crippen LogP contribution in [0, 0.1) is 5.92 Å². The first-order chi connectivity index (χ1) is 16.3.